The SMILES string of the molecule is CC(=O)ON=C(C#N)C(=O)c1ccco1. The largest absolute Gasteiger partial charge is 0.461 e. The zero-order valence-electron chi connectivity index (χ0n) is 7.76. The summed E-state index contributed by atoms with van der Waals surface area (Å²) in [6, 6.07) is 4.38. The standard InChI is InChI=1S/C9H6N2O4/c1-6(12)15-11-7(5-10)9(13)8-3-2-4-14-8/h2-4H,1H3. The Morgan fingerprint density at radius 2 is 2.33 bits per heavy atom. The third-order valence-electron chi connectivity index (χ3n) is 1.33. The molecule has 6 heteroatoms. The third kappa shape index (κ3) is 2.77. The summed E-state index contributed by atoms with van der Waals surface area (Å²) in [5.74, 6) is -1.49. The Morgan fingerprint density at radius 1 is 1.60 bits per heavy atom. The number of nitrogens with zero attached hydrogens (tertiary/aromatic N) is 2. The van der Waals surface area contributed by atoms with Gasteiger partial charge in [-0.1, -0.05) is 5.16 Å². The van der Waals surface area contributed by atoms with E-state index in [1.54, 1.807) is 0 Å². The summed E-state index contributed by atoms with van der Waals surface area (Å²) in [5.41, 5.74) is -0.542. The zero-order chi connectivity index (χ0) is 11.3. The number of carbonyl (C=O) groups excluding carboxylic acids is 2. The maximum Gasteiger partial charge on any atom is 0.332 e. The van der Waals surface area contributed by atoms with Gasteiger partial charge in [0.2, 0.25) is 5.71 Å². The molecule has 1 aromatic rings. The van der Waals surface area contributed by atoms with Crippen LogP contribution in [0.2, 0.25) is 0 Å². The van der Waals surface area contributed by atoms with Crippen molar-refractivity contribution in [3.05, 3.63) is 24.2 Å². The van der Waals surface area contributed by atoms with Crippen molar-refractivity contribution < 1.29 is 18.8 Å². The van der Waals surface area contributed by atoms with Gasteiger partial charge in [0, 0.05) is 6.92 Å². The summed E-state index contributed by atoms with van der Waals surface area (Å²) < 4.78 is 4.76. The predicted molar refractivity (Wildman–Crippen MR) is 47.9 cm³/mol. The number of nitriles is 1. The molecular formula is C9H6N2O4. The Kier molecular flexibility index (Phi) is 3.35. The van der Waals surface area contributed by atoms with Gasteiger partial charge in [-0.15, -0.1) is 0 Å². The first-order chi connectivity index (χ1) is 7.15. The molecule has 0 bridgehead atoms. The lowest BCUT2D eigenvalue weighted by atomic mass is 10.2. The number of furan rings is 1. The van der Waals surface area contributed by atoms with Gasteiger partial charge in [-0.05, 0) is 12.1 Å². The first-order valence-corrected chi connectivity index (χ1v) is 3.89. The Morgan fingerprint density at radius 3 is 2.80 bits per heavy atom. The van der Waals surface area contributed by atoms with Crippen molar-refractivity contribution in [3.8, 4) is 6.07 Å². The molecule has 0 aromatic carbocycles. The molecule has 0 unspecified atom stereocenters. The molecule has 0 atom stereocenters. The summed E-state index contributed by atoms with van der Waals surface area (Å²) in [5, 5.41) is 11.7. The fraction of sp³-hybridized carbons (Fsp3) is 0.111. The molecule has 1 heterocycles. The van der Waals surface area contributed by atoms with E-state index in [2.05, 4.69) is 9.99 Å². The van der Waals surface area contributed by atoms with Gasteiger partial charge in [-0.2, -0.15) is 5.26 Å². The summed E-state index contributed by atoms with van der Waals surface area (Å²) in [6.07, 6.45) is 1.29. The molecular weight excluding hydrogens is 200 g/mol. The van der Waals surface area contributed by atoms with E-state index in [1.807, 2.05) is 0 Å². The second-order valence-corrected chi connectivity index (χ2v) is 2.44. The highest BCUT2D eigenvalue weighted by atomic mass is 16.7. The monoisotopic (exact) mass is 206 g/mol. The minimum absolute atomic E-state index is 0.0394. The normalized spacial score (nSPS) is 10.5. The number of ketones is 1. The van der Waals surface area contributed by atoms with Crippen LogP contribution in [0.5, 0.6) is 0 Å². The molecule has 6 nitrogen and oxygen atoms in total. The maximum absolute atomic E-state index is 11.4. The predicted octanol–water partition coefficient (Wildman–Crippen LogP) is 0.905. The van der Waals surface area contributed by atoms with Crippen LogP contribution in [0.15, 0.2) is 28.0 Å². The molecule has 0 aliphatic heterocycles. The zero-order valence-corrected chi connectivity index (χ0v) is 7.76. The van der Waals surface area contributed by atoms with Gasteiger partial charge in [0.1, 0.15) is 6.07 Å². The molecule has 0 N–H and O–H groups in total. The molecule has 1 aromatic heterocycles. The van der Waals surface area contributed by atoms with Crippen molar-refractivity contribution in [3.63, 3.8) is 0 Å². The third-order valence-corrected chi connectivity index (χ3v) is 1.33. The van der Waals surface area contributed by atoms with E-state index in [-0.39, 0.29) is 5.76 Å². The summed E-state index contributed by atoms with van der Waals surface area (Å²) in [7, 11) is 0. The highest BCUT2D eigenvalue weighted by Crippen LogP contribution is 2.02. The molecule has 0 saturated carbocycles. The quantitative estimate of drug-likeness (QED) is 0.317. The van der Waals surface area contributed by atoms with Gasteiger partial charge in [-0.25, -0.2) is 4.79 Å². The average molecular weight is 206 g/mol. The van der Waals surface area contributed by atoms with Crippen molar-refractivity contribution in [2.75, 3.05) is 0 Å². The Balaban J connectivity index is 2.86. The molecule has 15 heavy (non-hydrogen) atoms. The lowest BCUT2D eigenvalue weighted by Crippen LogP contribution is -2.12. The van der Waals surface area contributed by atoms with E-state index in [1.165, 1.54) is 24.5 Å². The molecule has 0 spiro atoms. The Labute approximate surface area is 84.7 Å². The molecule has 0 radical (unpaired) electrons. The van der Waals surface area contributed by atoms with Crippen LogP contribution in [0.1, 0.15) is 17.5 Å². The number of hydrogen-bond acceptors (Lipinski definition) is 6. The number of oxime groups is 1. The Hall–Kier alpha value is -2.42. The maximum atomic E-state index is 11.4. The van der Waals surface area contributed by atoms with Gasteiger partial charge in [-0.3, -0.25) is 4.79 Å². The van der Waals surface area contributed by atoms with Gasteiger partial charge >= 0.3 is 5.97 Å². The second kappa shape index (κ2) is 4.72. The minimum Gasteiger partial charge on any atom is -0.461 e. The molecule has 1 rings (SSSR count). The van der Waals surface area contributed by atoms with Crippen molar-refractivity contribution in [2.24, 2.45) is 5.16 Å². The summed E-state index contributed by atoms with van der Waals surface area (Å²) in [6.45, 7) is 1.11. The van der Waals surface area contributed by atoms with Crippen LogP contribution >= 0.6 is 0 Å². The van der Waals surface area contributed by atoms with Crippen LogP contribution in [-0.2, 0) is 9.63 Å². The van der Waals surface area contributed by atoms with E-state index in [4.69, 9.17) is 9.68 Å². The first kappa shape index (κ1) is 10.7. The van der Waals surface area contributed by atoms with Crippen LogP contribution in [0.4, 0.5) is 0 Å². The van der Waals surface area contributed by atoms with E-state index in [0.717, 1.165) is 6.92 Å². The number of Topliss-reactive ketones (excluding diaryl/α,β-unsaturated/α-hetero) is 1. The van der Waals surface area contributed by atoms with Crippen LogP contribution in [0.3, 0.4) is 0 Å². The van der Waals surface area contributed by atoms with E-state index in [9.17, 15) is 9.59 Å². The lowest BCUT2D eigenvalue weighted by molar-refractivity contribution is -0.140. The molecule has 0 saturated heterocycles. The fourth-order valence-corrected chi connectivity index (χ4v) is 0.747. The van der Waals surface area contributed by atoms with Crippen molar-refractivity contribution in [1.82, 2.24) is 0 Å². The highest BCUT2D eigenvalue weighted by Gasteiger charge is 2.17. The first-order valence-electron chi connectivity index (χ1n) is 3.89. The van der Waals surface area contributed by atoms with Gasteiger partial charge < -0.3 is 9.25 Å². The fourth-order valence-electron chi connectivity index (χ4n) is 0.747. The van der Waals surface area contributed by atoms with E-state index in [0.29, 0.717) is 0 Å². The Bertz CT molecular complexity index is 439. The lowest BCUT2D eigenvalue weighted by Gasteiger charge is -1.93. The van der Waals surface area contributed by atoms with Crippen LogP contribution in [-0.4, -0.2) is 17.5 Å². The molecule has 0 fully saturated rings. The van der Waals surface area contributed by atoms with Crippen LogP contribution < -0.4 is 0 Å². The molecule has 76 valence electrons. The van der Waals surface area contributed by atoms with E-state index < -0.39 is 17.5 Å². The highest BCUT2D eigenvalue weighted by molar-refractivity contribution is 6.50. The summed E-state index contributed by atoms with van der Waals surface area (Å²) in [4.78, 5) is 26.0. The number of carbonyl (C=O) groups is 2. The van der Waals surface area contributed by atoms with Crippen LogP contribution in [0, 0.1) is 11.3 Å². The smallest absolute Gasteiger partial charge is 0.332 e. The molecule has 0 amide bonds. The van der Waals surface area contributed by atoms with Crippen molar-refractivity contribution in [1.29, 1.82) is 5.26 Å². The number of rotatable bonds is 3. The molecule has 0 aliphatic carbocycles. The van der Waals surface area contributed by atoms with Crippen LogP contribution in [0.25, 0.3) is 0 Å². The van der Waals surface area contributed by atoms with Gasteiger partial charge in [0.25, 0.3) is 5.78 Å². The topological polar surface area (TPSA) is 92.7 Å². The van der Waals surface area contributed by atoms with Gasteiger partial charge in [0.05, 0.1) is 6.26 Å². The van der Waals surface area contributed by atoms with Crippen molar-refractivity contribution >= 4 is 17.5 Å². The van der Waals surface area contributed by atoms with E-state index >= 15 is 0 Å². The second-order valence-electron chi connectivity index (χ2n) is 2.44. The van der Waals surface area contributed by atoms with Gasteiger partial charge in [0.15, 0.2) is 5.76 Å². The summed E-state index contributed by atoms with van der Waals surface area (Å²) >= 11 is 0. The minimum atomic E-state index is -0.733. The average Bonchev–Trinajstić information content (AvgIpc) is 2.70. The molecule has 0 aliphatic rings. The number of hydrogen-bond donors (Lipinski definition) is 0. The van der Waals surface area contributed by atoms with Crippen molar-refractivity contribution in [2.45, 2.75) is 6.92 Å².